The summed E-state index contributed by atoms with van der Waals surface area (Å²) in [6.45, 7) is 3.02. The van der Waals surface area contributed by atoms with Gasteiger partial charge >= 0.3 is 6.09 Å². The molecule has 1 aliphatic heterocycles. The van der Waals surface area contributed by atoms with Crippen LogP contribution in [0.2, 0.25) is 0 Å². The first kappa shape index (κ1) is 24.3. The Hall–Kier alpha value is -2.01. The minimum atomic E-state index is -3.89. The molecule has 0 spiro atoms. The number of amides is 2. The van der Waals surface area contributed by atoms with Crippen molar-refractivity contribution in [3.63, 3.8) is 0 Å². The summed E-state index contributed by atoms with van der Waals surface area (Å²) < 4.78 is 33.6. The molecule has 0 unspecified atom stereocenters. The molecule has 30 heavy (non-hydrogen) atoms. The Balaban J connectivity index is 2.19. The highest BCUT2D eigenvalue weighted by molar-refractivity contribution is 7.86. The first-order chi connectivity index (χ1) is 14.0. The maximum absolute atomic E-state index is 13.1. The summed E-state index contributed by atoms with van der Waals surface area (Å²) >= 11 is 0. The summed E-state index contributed by atoms with van der Waals surface area (Å²) in [6, 6.07) is 8.30. The molecule has 1 saturated heterocycles. The second-order valence-corrected chi connectivity index (χ2v) is 9.26. The zero-order valence-electron chi connectivity index (χ0n) is 17.3. The summed E-state index contributed by atoms with van der Waals surface area (Å²) in [5.74, 6) is -1.61. The van der Waals surface area contributed by atoms with E-state index in [2.05, 4.69) is 0 Å². The van der Waals surface area contributed by atoms with Crippen LogP contribution in [0.4, 0.5) is 4.79 Å². The lowest BCUT2D eigenvalue weighted by Crippen LogP contribution is -2.43. The third kappa shape index (κ3) is 6.76. The fraction of sp³-hybridized carbons (Fsp3) is 0.600. The lowest BCUT2D eigenvalue weighted by molar-refractivity contribution is -0.136. The van der Waals surface area contributed by atoms with E-state index in [0.29, 0.717) is 0 Å². The Morgan fingerprint density at radius 3 is 2.43 bits per heavy atom. The molecule has 0 aromatic heterocycles. The fourth-order valence-electron chi connectivity index (χ4n) is 3.44. The molecule has 1 aliphatic rings. The largest absolute Gasteiger partial charge is 0.446 e. The van der Waals surface area contributed by atoms with Crippen LogP contribution in [0.3, 0.4) is 0 Å². The highest BCUT2D eigenvalue weighted by atomic mass is 32.2. The molecular weight excluding hydrogens is 414 g/mol. The van der Waals surface area contributed by atoms with Gasteiger partial charge in [0.05, 0.1) is 30.5 Å². The molecule has 0 bridgehead atoms. The Morgan fingerprint density at radius 1 is 1.23 bits per heavy atom. The van der Waals surface area contributed by atoms with Gasteiger partial charge in [-0.05, 0) is 31.7 Å². The number of imide groups is 1. The Kier molecular flexibility index (Phi) is 8.36. The molecule has 1 aromatic carbocycles. The minimum absolute atomic E-state index is 0.00596. The normalized spacial score (nSPS) is 21.0. The fourth-order valence-corrected chi connectivity index (χ4v) is 4.15. The molecule has 0 aliphatic carbocycles. The quantitative estimate of drug-likeness (QED) is 0.522. The number of ether oxygens (including phenoxy) is 1. The SMILES string of the molecule is C[C@H](C(=O)N1C(=O)OC[C@@H]1c1ccccc1)[C@@H](CC[C@@H](O)C[C@@H](C)O)OS(C)(=O)=O. The molecule has 0 radical (unpaired) electrons. The second kappa shape index (κ2) is 10.3. The number of aliphatic hydroxyl groups excluding tert-OH is 2. The van der Waals surface area contributed by atoms with E-state index in [-0.39, 0.29) is 25.9 Å². The summed E-state index contributed by atoms with van der Waals surface area (Å²) in [5.41, 5.74) is 0.719. The van der Waals surface area contributed by atoms with Gasteiger partial charge in [-0.2, -0.15) is 8.42 Å². The van der Waals surface area contributed by atoms with Crippen molar-refractivity contribution in [3.8, 4) is 0 Å². The van der Waals surface area contributed by atoms with Crippen molar-refractivity contribution in [2.45, 2.75) is 57.5 Å². The Labute approximate surface area is 176 Å². The van der Waals surface area contributed by atoms with Gasteiger partial charge in [0.1, 0.15) is 12.6 Å². The number of nitrogens with zero attached hydrogens (tertiary/aromatic N) is 1. The number of hydrogen-bond acceptors (Lipinski definition) is 8. The van der Waals surface area contributed by atoms with Crippen molar-refractivity contribution in [1.29, 1.82) is 0 Å². The van der Waals surface area contributed by atoms with Crippen LogP contribution < -0.4 is 0 Å². The van der Waals surface area contributed by atoms with Crippen LogP contribution in [0, 0.1) is 5.92 Å². The molecule has 1 fully saturated rings. The van der Waals surface area contributed by atoms with E-state index in [4.69, 9.17) is 8.92 Å². The van der Waals surface area contributed by atoms with Crippen LogP contribution in [0.25, 0.3) is 0 Å². The van der Waals surface area contributed by atoms with Crippen LogP contribution in [-0.2, 0) is 23.8 Å². The number of cyclic esters (lactones) is 1. The van der Waals surface area contributed by atoms with Crippen molar-refractivity contribution in [1.82, 2.24) is 4.90 Å². The van der Waals surface area contributed by atoms with Crippen LogP contribution in [-0.4, -0.2) is 66.7 Å². The number of aliphatic hydroxyl groups is 2. The molecular formula is C20H29NO8S. The van der Waals surface area contributed by atoms with Gasteiger partial charge in [-0.25, -0.2) is 9.69 Å². The zero-order valence-corrected chi connectivity index (χ0v) is 18.1. The van der Waals surface area contributed by atoms with E-state index in [1.54, 1.807) is 24.3 Å². The molecule has 2 N–H and O–H groups in total. The topological polar surface area (TPSA) is 130 Å². The highest BCUT2D eigenvalue weighted by Crippen LogP contribution is 2.31. The maximum Gasteiger partial charge on any atom is 0.417 e. The highest BCUT2D eigenvalue weighted by Gasteiger charge is 2.43. The van der Waals surface area contributed by atoms with Crippen molar-refractivity contribution >= 4 is 22.1 Å². The van der Waals surface area contributed by atoms with Gasteiger partial charge in [0.15, 0.2) is 0 Å². The average molecular weight is 444 g/mol. The smallest absolute Gasteiger partial charge is 0.417 e. The van der Waals surface area contributed by atoms with Gasteiger partial charge in [0, 0.05) is 0 Å². The van der Waals surface area contributed by atoms with Gasteiger partial charge in [-0.15, -0.1) is 0 Å². The number of carbonyl (C=O) groups excluding carboxylic acids is 2. The van der Waals surface area contributed by atoms with Gasteiger partial charge in [-0.1, -0.05) is 37.3 Å². The van der Waals surface area contributed by atoms with Crippen molar-refractivity contribution < 1.29 is 37.1 Å². The molecule has 10 heteroatoms. The standard InChI is InChI=1S/C20H29NO8S/c1-13(22)11-16(23)9-10-18(29-30(3,26)27)14(2)19(24)21-17(12-28-20(21)25)15-7-5-4-6-8-15/h4-8,13-14,16-18,22-23H,9-12H2,1-3H3/t13-,14+,16-,17-,18-/m1/s1. The zero-order chi connectivity index (χ0) is 22.5. The number of hydrogen-bond donors (Lipinski definition) is 2. The molecule has 1 heterocycles. The van der Waals surface area contributed by atoms with Crippen LogP contribution in [0.15, 0.2) is 30.3 Å². The molecule has 0 saturated carbocycles. The molecule has 1 aromatic rings. The molecule has 5 atom stereocenters. The first-order valence-electron chi connectivity index (χ1n) is 9.78. The summed E-state index contributed by atoms with van der Waals surface area (Å²) in [4.78, 5) is 26.4. The molecule has 168 valence electrons. The number of rotatable bonds is 10. The summed E-state index contributed by atoms with van der Waals surface area (Å²) in [5, 5.41) is 19.4. The third-order valence-electron chi connectivity index (χ3n) is 4.94. The minimum Gasteiger partial charge on any atom is -0.446 e. The lowest BCUT2D eigenvalue weighted by atomic mass is 9.95. The first-order valence-corrected chi connectivity index (χ1v) is 11.6. The molecule has 2 amide bonds. The van der Waals surface area contributed by atoms with Crippen molar-refractivity contribution in [2.24, 2.45) is 5.92 Å². The number of benzene rings is 1. The second-order valence-electron chi connectivity index (χ2n) is 7.66. The van der Waals surface area contributed by atoms with Gasteiger partial charge in [0.2, 0.25) is 5.91 Å². The maximum atomic E-state index is 13.1. The van der Waals surface area contributed by atoms with E-state index in [0.717, 1.165) is 16.7 Å². The van der Waals surface area contributed by atoms with Gasteiger partial charge < -0.3 is 14.9 Å². The Morgan fingerprint density at radius 2 is 1.87 bits per heavy atom. The average Bonchev–Trinajstić information content (AvgIpc) is 3.04. The number of carbonyl (C=O) groups is 2. The molecule has 2 rings (SSSR count). The van der Waals surface area contributed by atoms with Gasteiger partial charge in [-0.3, -0.25) is 8.98 Å². The Bertz CT molecular complexity index is 826. The summed E-state index contributed by atoms with van der Waals surface area (Å²) in [7, 11) is -3.89. The van der Waals surface area contributed by atoms with Crippen LogP contribution in [0.1, 0.15) is 44.7 Å². The molecule has 9 nitrogen and oxygen atoms in total. The van der Waals surface area contributed by atoms with Crippen LogP contribution in [0.5, 0.6) is 0 Å². The van der Waals surface area contributed by atoms with E-state index < -0.39 is 52.4 Å². The lowest BCUT2D eigenvalue weighted by Gasteiger charge is -2.28. The van der Waals surface area contributed by atoms with Crippen LogP contribution >= 0.6 is 0 Å². The van der Waals surface area contributed by atoms with E-state index in [9.17, 15) is 28.2 Å². The summed E-state index contributed by atoms with van der Waals surface area (Å²) in [6.07, 6.45) is -2.33. The van der Waals surface area contributed by atoms with E-state index >= 15 is 0 Å². The predicted molar refractivity (Wildman–Crippen MR) is 108 cm³/mol. The van der Waals surface area contributed by atoms with E-state index in [1.165, 1.54) is 13.8 Å². The van der Waals surface area contributed by atoms with Crippen molar-refractivity contribution in [3.05, 3.63) is 35.9 Å². The van der Waals surface area contributed by atoms with E-state index in [1.807, 2.05) is 6.07 Å². The van der Waals surface area contributed by atoms with Gasteiger partial charge in [0.25, 0.3) is 10.1 Å². The monoisotopic (exact) mass is 443 g/mol. The third-order valence-corrected chi connectivity index (χ3v) is 5.53. The van der Waals surface area contributed by atoms with Crippen molar-refractivity contribution in [2.75, 3.05) is 12.9 Å². The predicted octanol–water partition coefficient (Wildman–Crippen LogP) is 1.60.